The Balaban J connectivity index is 2.44. The van der Waals surface area contributed by atoms with E-state index in [1.54, 1.807) is 0 Å². The van der Waals surface area contributed by atoms with E-state index in [4.69, 9.17) is 4.74 Å². The summed E-state index contributed by atoms with van der Waals surface area (Å²) in [5.41, 5.74) is 1.17. The first kappa shape index (κ1) is 18.8. The predicted molar refractivity (Wildman–Crippen MR) is 92.7 cm³/mol. The van der Waals surface area contributed by atoms with Gasteiger partial charge in [-0.05, 0) is 42.0 Å². The van der Waals surface area contributed by atoms with Gasteiger partial charge in [0.1, 0.15) is 5.75 Å². The van der Waals surface area contributed by atoms with Crippen molar-refractivity contribution in [2.75, 3.05) is 19.7 Å². The van der Waals surface area contributed by atoms with E-state index >= 15 is 0 Å². The number of hydrogen-bond acceptors (Lipinski definition) is 2. The topological polar surface area (TPSA) is 49.8 Å². The summed E-state index contributed by atoms with van der Waals surface area (Å²) < 4.78 is 6.81. The van der Waals surface area contributed by atoms with Gasteiger partial charge in [0.15, 0.2) is 0 Å². The molecule has 22 heavy (non-hydrogen) atoms. The highest BCUT2D eigenvalue weighted by Gasteiger charge is 2.19. The van der Waals surface area contributed by atoms with Crippen LogP contribution in [0.5, 0.6) is 5.75 Å². The highest BCUT2D eigenvalue weighted by atomic mass is 79.9. The number of carbonyl (C=O) groups is 1. The Morgan fingerprint density at radius 1 is 1.36 bits per heavy atom. The van der Waals surface area contributed by atoms with Crippen molar-refractivity contribution in [1.82, 2.24) is 4.90 Å². The fourth-order valence-electron chi connectivity index (χ4n) is 2.17. The molecule has 4 nitrogen and oxygen atoms in total. The minimum absolute atomic E-state index is 0.0407. The molecule has 0 unspecified atom stereocenters. The molecule has 0 aliphatic heterocycles. The van der Waals surface area contributed by atoms with Crippen LogP contribution in [0, 0.1) is 5.41 Å². The summed E-state index contributed by atoms with van der Waals surface area (Å²) in [5.74, 6) is 0.831. The molecule has 0 aliphatic carbocycles. The van der Waals surface area contributed by atoms with Crippen LogP contribution >= 0.6 is 15.9 Å². The zero-order valence-electron chi connectivity index (χ0n) is 13.9. The van der Waals surface area contributed by atoms with Crippen LogP contribution in [0.3, 0.4) is 0 Å². The summed E-state index contributed by atoms with van der Waals surface area (Å²) in [6.07, 6.45) is 0.752. The number of hydrogen-bond donors (Lipinski definition) is 1. The number of nitrogens with zero attached hydrogens (tertiary/aromatic N) is 1. The van der Waals surface area contributed by atoms with Crippen LogP contribution in [0.1, 0.15) is 39.7 Å². The van der Waals surface area contributed by atoms with Gasteiger partial charge in [-0.25, -0.2) is 4.79 Å². The lowest BCUT2D eigenvalue weighted by molar-refractivity contribution is 0.122. The molecular formula is C17H26BrNO3. The SMILES string of the molecule is CCc1cc(OCCCN(CC(C)(C)C)C(=O)O)ccc1Br. The van der Waals surface area contributed by atoms with E-state index in [2.05, 4.69) is 22.9 Å². The van der Waals surface area contributed by atoms with Crippen molar-refractivity contribution >= 4 is 22.0 Å². The van der Waals surface area contributed by atoms with Gasteiger partial charge >= 0.3 is 6.09 Å². The molecule has 0 aliphatic rings. The van der Waals surface area contributed by atoms with Gasteiger partial charge in [-0.1, -0.05) is 43.6 Å². The molecule has 1 aromatic carbocycles. The van der Waals surface area contributed by atoms with Gasteiger partial charge < -0.3 is 14.7 Å². The Morgan fingerprint density at radius 2 is 2.05 bits per heavy atom. The van der Waals surface area contributed by atoms with Gasteiger partial charge in [0.2, 0.25) is 0 Å². The summed E-state index contributed by atoms with van der Waals surface area (Å²) >= 11 is 3.51. The molecule has 1 rings (SSSR count). The maximum Gasteiger partial charge on any atom is 0.407 e. The van der Waals surface area contributed by atoms with Crippen LogP contribution in [0.25, 0.3) is 0 Å². The molecule has 1 amide bonds. The summed E-state index contributed by atoms with van der Waals surface area (Å²) in [6.45, 7) is 9.73. The largest absolute Gasteiger partial charge is 0.494 e. The van der Waals surface area contributed by atoms with Gasteiger partial charge in [-0.15, -0.1) is 0 Å². The van der Waals surface area contributed by atoms with E-state index in [-0.39, 0.29) is 5.41 Å². The highest BCUT2D eigenvalue weighted by Crippen LogP contribution is 2.23. The number of benzene rings is 1. The number of carboxylic acid groups (broad SMARTS) is 1. The Bertz CT molecular complexity index is 497. The van der Waals surface area contributed by atoms with Crippen molar-refractivity contribution in [3.8, 4) is 5.75 Å². The van der Waals surface area contributed by atoms with Gasteiger partial charge in [-0.3, -0.25) is 0 Å². The third kappa shape index (κ3) is 6.69. The lowest BCUT2D eigenvalue weighted by Crippen LogP contribution is -2.37. The molecule has 0 spiro atoms. The van der Waals surface area contributed by atoms with Gasteiger partial charge in [-0.2, -0.15) is 0 Å². The predicted octanol–water partition coefficient (Wildman–Crippen LogP) is 4.81. The van der Waals surface area contributed by atoms with Crippen molar-refractivity contribution in [2.45, 2.75) is 40.5 Å². The number of rotatable bonds is 7. The van der Waals surface area contributed by atoms with Crippen molar-refractivity contribution in [3.05, 3.63) is 28.2 Å². The van der Waals surface area contributed by atoms with E-state index in [9.17, 15) is 9.90 Å². The van der Waals surface area contributed by atoms with Crippen LogP contribution in [-0.4, -0.2) is 35.8 Å². The monoisotopic (exact) mass is 371 g/mol. The fraction of sp³-hybridized carbons (Fsp3) is 0.588. The average Bonchev–Trinajstić information content (AvgIpc) is 2.42. The quantitative estimate of drug-likeness (QED) is 0.699. The molecule has 0 aromatic heterocycles. The first-order valence-corrected chi connectivity index (χ1v) is 8.41. The molecule has 1 N–H and O–H groups in total. The van der Waals surface area contributed by atoms with E-state index in [0.717, 1.165) is 16.6 Å². The first-order valence-electron chi connectivity index (χ1n) is 7.62. The van der Waals surface area contributed by atoms with Crippen LogP contribution < -0.4 is 4.74 Å². The molecule has 0 heterocycles. The lowest BCUT2D eigenvalue weighted by atomic mass is 9.96. The molecule has 0 bridgehead atoms. The third-order valence-corrected chi connectivity index (χ3v) is 3.95. The zero-order chi connectivity index (χ0) is 16.8. The van der Waals surface area contributed by atoms with Gasteiger partial charge in [0.25, 0.3) is 0 Å². The minimum atomic E-state index is -0.869. The normalized spacial score (nSPS) is 11.3. The number of ether oxygens (including phenoxy) is 1. The minimum Gasteiger partial charge on any atom is -0.494 e. The molecule has 0 radical (unpaired) electrons. The second-order valence-corrected chi connectivity index (χ2v) is 7.43. The molecule has 1 aromatic rings. The zero-order valence-corrected chi connectivity index (χ0v) is 15.4. The van der Waals surface area contributed by atoms with E-state index < -0.39 is 6.09 Å². The summed E-state index contributed by atoms with van der Waals surface area (Å²) in [6, 6.07) is 5.93. The Morgan fingerprint density at radius 3 is 2.59 bits per heavy atom. The number of halogens is 1. The molecule has 124 valence electrons. The standard InChI is InChI=1S/C17H26BrNO3/c1-5-13-11-14(7-8-15(13)18)22-10-6-9-19(16(20)21)12-17(2,3)4/h7-8,11H,5-6,9-10,12H2,1-4H3,(H,20,21). The summed E-state index contributed by atoms with van der Waals surface area (Å²) in [5, 5.41) is 9.23. The van der Waals surface area contributed by atoms with Crippen molar-refractivity contribution in [1.29, 1.82) is 0 Å². The summed E-state index contributed by atoms with van der Waals surface area (Å²) in [4.78, 5) is 12.7. The van der Waals surface area contributed by atoms with Crippen molar-refractivity contribution in [2.24, 2.45) is 5.41 Å². The number of aryl methyl sites for hydroxylation is 1. The van der Waals surface area contributed by atoms with E-state index in [0.29, 0.717) is 26.1 Å². The molecular weight excluding hydrogens is 346 g/mol. The van der Waals surface area contributed by atoms with Crippen LogP contribution in [0.15, 0.2) is 22.7 Å². The fourth-order valence-corrected chi connectivity index (χ4v) is 2.70. The van der Waals surface area contributed by atoms with Crippen LogP contribution in [0.2, 0.25) is 0 Å². The van der Waals surface area contributed by atoms with Crippen LogP contribution in [0.4, 0.5) is 4.79 Å². The highest BCUT2D eigenvalue weighted by molar-refractivity contribution is 9.10. The van der Waals surface area contributed by atoms with Crippen molar-refractivity contribution < 1.29 is 14.6 Å². The lowest BCUT2D eigenvalue weighted by Gasteiger charge is -2.27. The first-order chi connectivity index (χ1) is 10.2. The maximum absolute atomic E-state index is 11.2. The van der Waals surface area contributed by atoms with Crippen molar-refractivity contribution in [3.63, 3.8) is 0 Å². The Hall–Kier alpha value is -1.23. The third-order valence-electron chi connectivity index (χ3n) is 3.17. The molecule has 0 atom stereocenters. The molecule has 0 saturated heterocycles. The molecule has 0 fully saturated rings. The Kier molecular flexibility index (Phi) is 7.20. The van der Waals surface area contributed by atoms with Gasteiger partial charge in [0, 0.05) is 17.6 Å². The van der Waals surface area contributed by atoms with Crippen LogP contribution in [-0.2, 0) is 6.42 Å². The smallest absolute Gasteiger partial charge is 0.407 e. The second kappa shape index (κ2) is 8.42. The molecule has 0 saturated carbocycles. The van der Waals surface area contributed by atoms with E-state index in [1.807, 2.05) is 39.0 Å². The Labute approximate surface area is 141 Å². The number of amides is 1. The summed E-state index contributed by atoms with van der Waals surface area (Å²) in [7, 11) is 0. The molecule has 5 heteroatoms. The van der Waals surface area contributed by atoms with E-state index in [1.165, 1.54) is 10.5 Å². The maximum atomic E-state index is 11.2. The average molecular weight is 372 g/mol. The second-order valence-electron chi connectivity index (χ2n) is 6.57. The van der Waals surface area contributed by atoms with Gasteiger partial charge in [0.05, 0.1) is 6.61 Å².